The highest BCUT2D eigenvalue weighted by Crippen LogP contribution is 2.22. The van der Waals surface area contributed by atoms with Crippen LogP contribution in [-0.4, -0.2) is 30.4 Å². The minimum absolute atomic E-state index is 0.103. The smallest absolute Gasteiger partial charge is 0.404 e. The number of aromatic nitrogens is 4. The van der Waals surface area contributed by atoms with Crippen LogP contribution in [0.15, 0.2) is 51.8 Å². The van der Waals surface area contributed by atoms with Gasteiger partial charge in [0.2, 0.25) is 5.91 Å². The number of hydrogen-bond donors (Lipinski definition) is 1. The lowest BCUT2D eigenvalue weighted by Crippen LogP contribution is -2.14. The summed E-state index contributed by atoms with van der Waals surface area (Å²) in [6.45, 7) is 0.404. The molecule has 3 rings (SSSR count). The molecule has 0 radical (unpaired) electrons. The molecule has 0 saturated carbocycles. The van der Waals surface area contributed by atoms with Crippen LogP contribution in [0.1, 0.15) is 6.42 Å². The summed E-state index contributed by atoms with van der Waals surface area (Å²) in [5, 5.41) is 21.4. The number of anilines is 1. The third kappa shape index (κ3) is 5.39. The van der Waals surface area contributed by atoms with Gasteiger partial charge in [-0.3, -0.25) is 4.79 Å². The zero-order valence-corrected chi connectivity index (χ0v) is 17.5. The first-order valence-corrected chi connectivity index (χ1v) is 9.57. The average Bonchev–Trinajstić information content (AvgIpc) is 3.26. The van der Waals surface area contributed by atoms with E-state index in [0.717, 1.165) is 4.47 Å². The Hall–Kier alpha value is -2.73. The van der Waals surface area contributed by atoms with Gasteiger partial charge in [0.1, 0.15) is 10.2 Å². The summed E-state index contributed by atoms with van der Waals surface area (Å²) < 4.78 is 9.72. The molecule has 1 N–H and O–H groups in total. The molecular formula is C16H14Br2N6O4. The number of benzene rings is 1. The van der Waals surface area contributed by atoms with E-state index in [2.05, 4.69) is 47.4 Å². The van der Waals surface area contributed by atoms with Crippen LogP contribution in [0.25, 0.3) is 0 Å². The lowest BCUT2D eigenvalue weighted by Gasteiger charge is -2.06. The van der Waals surface area contributed by atoms with Crippen LogP contribution in [0.4, 0.5) is 11.5 Å². The highest BCUT2D eigenvalue weighted by atomic mass is 79.9. The zero-order valence-electron chi connectivity index (χ0n) is 14.3. The van der Waals surface area contributed by atoms with Gasteiger partial charge in [-0.15, -0.1) is 0 Å². The summed E-state index contributed by atoms with van der Waals surface area (Å²) in [5.41, 5.74) is 0.525. The Kier molecular flexibility index (Phi) is 6.41. The van der Waals surface area contributed by atoms with E-state index in [9.17, 15) is 14.9 Å². The summed E-state index contributed by atoms with van der Waals surface area (Å²) in [7, 11) is 0. The summed E-state index contributed by atoms with van der Waals surface area (Å²) >= 11 is 6.42. The summed E-state index contributed by atoms with van der Waals surface area (Å²) in [6.07, 6.45) is 4.72. The Morgan fingerprint density at radius 2 is 1.96 bits per heavy atom. The molecule has 3 aromatic rings. The quantitative estimate of drug-likeness (QED) is 0.363. The van der Waals surface area contributed by atoms with Crippen LogP contribution in [-0.2, 0) is 18.1 Å². The minimum Gasteiger partial charge on any atom is -0.471 e. The maximum absolute atomic E-state index is 12.1. The van der Waals surface area contributed by atoms with Gasteiger partial charge in [0.15, 0.2) is 6.73 Å². The van der Waals surface area contributed by atoms with Crippen molar-refractivity contribution in [3.05, 3.63) is 61.9 Å². The Labute approximate surface area is 175 Å². The van der Waals surface area contributed by atoms with Crippen molar-refractivity contribution in [2.24, 2.45) is 0 Å². The number of aryl methyl sites for hydroxylation is 1. The molecule has 10 nitrogen and oxygen atoms in total. The van der Waals surface area contributed by atoms with Crippen molar-refractivity contribution < 1.29 is 14.5 Å². The molecule has 0 fully saturated rings. The number of nitrogens with zero attached hydrogens (tertiary/aromatic N) is 5. The maximum Gasteiger partial charge on any atom is 0.404 e. The first-order chi connectivity index (χ1) is 13.4. The number of rotatable bonds is 8. The molecule has 0 aliphatic carbocycles. The third-order valence-electron chi connectivity index (χ3n) is 3.53. The van der Waals surface area contributed by atoms with Crippen LogP contribution in [0, 0.1) is 10.1 Å². The molecule has 1 aromatic carbocycles. The number of halogens is 2. The van der Waals surface area contributed by atoms with Crippen molar-refractivity contribution in [1.29, 1.82) is 0 Å². The van der Waals surface area contributed by atoms with Crippen molar-refractivity contribution in [3.63, 3.8) is 0 Å². The number of amides is 1. The molecule has 0 aliphatic rings. The lowest BCUT2D eigenvalue weighted by molar-refractivity contribution is -0.390. The second-order valence-corrected chi connectivity index (χ2v) is 7.38. The Bertz CT molecular complexity index is 985. The fraction of sp³-hybridized carbons (Fsp3) is 0.188. The molecular weight excluding hydrogens is 500 g/mol. The normalized spacial score (nSPS) is 10.6. The molecule has 2 heterocycles. The van der Waals surface area contributed by atoms with Gasteiger partial charge in [-0.05, 0) is 45.1 Å². The van der Waals surface area contributed by atoms with Gasteiger partial charge < -0.3 is 20.2 Å². The predicted octanol–water partition coefficient (Wildman–Crippen LogP) is 3.58. The van der Waals surface area contributed by atoms with Gasteiger partial charge in [-0.1, -0.05) is 15.9 Å². The number of nitro groups is 1. The van der Waals surface area contributed by atoms with Crippen molar-refractivity contribution in [1.82, 2.24) is 19.6 Å². The summed E-state index contributed by atoms with van der Waals surface area (Å²) in [4.78, 5) is 22.2. The maximum atomic E-state index is 12.1. The average molecular weight is 514 g/mol. The minimum atomic E-state index is -0.592. The number of carbonyl (C=O) groups excluding carboxylic acids is 1. The fourth-order valence-electron chi connectivity index (χ4n) is 2.23. The molecule has 0 unspecified atom stereocenters. The molecule has 0 aliphatic heterocycles. The fourth-order valence-corrected chi connectivity index (χ4v) is 2.96. The summed E-state index contributed by atoms with van der Waals surface area (Å²) in [6, 6.07) is 7.40. The molecule has 0 bridgehead atoms. The van der Waals surface area contributed by atoms with Crippen LogP contribution in [0.5, 0.6) is 5.75 Å². The van der Waals surface area contributed by atoms with E-state index in [1.807, 2.05) is 24.3 Å². The van der Waals surface area contributed by atoms with Crippen LogP contribution in [0.2, 0.25) is 0 Å². The topological polar surface area (TPSA) is 117 Å². The number of hydrogen-bond acceptors (Lipinski definition) is 6. The van der Waals surface area contributed by atoms with E-state index >= 15 is 0 Å². The first-order valence-electron chi connectivity index (χ1n) is 7.99. The van der Waals surface area contributed by atoms with Crippen molar-refractivity contribution in [2.45, 2.75) is 19.7 Å². The van der Waals surface area contributed by atoms with Gasteiger partial charge >= 0.3 is 5.82 Å². The lowest BCUT2D eigenvalue weighted by atomic mass is 10.3. The predicted molar refractivity (Wildman–Crippen MR) is 107 cm³/mol. The van der Waals surface area contributed by atoms with Crippen molar-refractivity contribution in [3.8, 4) is 5.75 Å². The van der Waals surface area contributed by atoms with E-state index in [-0.39, 0.29) is 35.9 Å². The van der Waals surface area contributed by atoms with E-state index in [4.69, 9.17) is 4.74 Å². The van der Waals surface area contributed by atoms with Gasteiger partial charge in [-0.2, -0.15) is 9.78 Å². The van der Waals surface area contributed by atoms with E-state index in [1.165, 1.54) is 17.1 Å². The molecule has 2 aromatic heterocycles. The first kappa shape index (κ1) is 20.0. The summed E-state index contributed by atoms with van der Waals surface area (Å²) in [5.74, 6) is 0.152. The number of carbonyl (C=O) groups is 1. The standard InChI is InChI=1S/C16H14Br2N6O4/c17-11-1-3-13(4-2-11)28-10-23-8-12(7-19-23)20-15(25)5-6-22-9-14(18)16(21-22)24(26)27/h1-4,7-9H,5-6,10H2,(H,20,25). The largest absolute Gasteiger partial charge is 0.471 e. The Balaban J connectivity index is 1.47. The number of nitrogens with one attached hydrogen (secondary N) is 1. The van der Waals surface area contributed by atoms with Crippen LogP contribution < -0.4 is 10.1 Å². The highest BCUT2D eigenvalue weighted by Gasteiger charge is 2.18. The second-order valence-electron chi connectivity index (χ2n) is 5.61. The van der Waals surface area contributed by atoms with E-state index in [0.29, 0.717) is 11.4 Å². The monoisotopic (exact) mass is 512 g/mol. The van der Waals surface area contributed by atoms with E-state index in [1.54, 1.807) is 10.9 Å². The Morgan fingerprint density at radius 3 is 2.64 bits per heavy atom. The van der Waals surface area contributed by atoms with Crippen molar-refractivity contribution in [2.75, 3.05) is 5.32 Å². The highest BCUT2D eigenvalue weighted by molar-refractivity contribution is 9.10. The van der Waals surface area contributed by atoms with Gasteiger partial charge in [0.05, 0.1) is 35.9 Å². The third-order valence-corrected chi connectivity index (χ3v) is 4.62. The number of ether oxygens (including phenoxy) is 1. The van der Waals surface area contributed by atoms with Gasteiger partial charge in [0.25, 0.3) is 0 Å². The van der Waals surface area contributed by atoms with Crippen LogP contribution in [0.3, 0.4) is 0 Å². The molecule has 0 atom stereocenters. The molecule has 146 valence electrons. The molecule has 0 saturated heterocycles. The second kappa shape index (κ2) is 8.97. The molecule has 1 amide bonds. The van der Waals surface area contributed by atoms with Crippen molar-refractivity contribution >= 4 is 49.3 Å². The zero-order chi connectivity index (χ0) is 20.1. The van der Waals surface area contributed by atoms with Gasteiger partial charge in [-0.25, -0.2) is 4.68 Å². The van der Waals surface area contributed by atoms with Gasteiger partial charge in [0, 0.05) is 10.9 Å². The molecule has 0 spiro atoms. The SMILES string of the molecule is O=C(CCn1cc(Br)c([N+](=O)[O-])n1)Nc1cnn(COc2ccc(Br)cc2)c1. The molecule has 28 heavy (non-hydrogen) atoms. The molecule has 12 heteroatoms. The van der Waals surface area contributed by atoms with Crippen LogP contribution >= 0.6 is 31.9 Å². The Morgan fingerprint density at radius 1 is 1.21 bits per heavy atom. The van der Waals surface area contributed by atoms with E-state index < -0.39 is 4.92 Å².